The van der Waals surface area contributed by atoms with Crippen LogP contribution < -0.4 is 5.32 Å². The van der Waals surface area contributed by atoms with Gasteiger partial charge in [0, 0.05) is 31.2 Å². The number of anilines is 1. The molecule has 1 unspecified atom stereocenters. The van der Waals surface area contributed by atoms with Crippen LogP contribution in [0, 0.1) is 6.92 Å². The van der Waals surface area contributed by atoms with Gasteiger partial charge in [0.05, 0.1) is 12.5 Å². The molecule has 1 rings (SSSR count). The van der Waals surface area contributed by atoms with Crippen LogP contribution in [-0.4, -0.2) is 35.8 Å². The zero-order chi connectivity index (χ0) is 12.0. The second-order valence-electron chi connectivity index (χ2n) is 3.52. The van der Waals surface area contributed by atoms with Crippen LogP contribution in [0.15, 0.2) is 18.3 Å². The number of pyridine rings is 1. The maximum absolute atomic E-state index is 10.5. The number of carboxylic acid groups (broad SMARTS) is 1. The molecule has 88 valence electrons. The van der Waals surface area contributed by atoms with Gasteiger partial charge < -0.3 is 15.2 Å². The molecule has 16 heavy (non-hydrogen) atoms. The third kappa shape index (κ3) is 4.27. The molecule has 0 aliphatic rings. The fraction of sp³-hybridized carbons (Fsp3) is 0.455. The van der Waals surface area contributed by atoms with E-state index in [2.05, 4.69) is 10.3 Å². The quantitative estimate of drug-likeness (QED) is 0.761. The molecule has 1 heterocycles. The first-order chi connectivity index (χ1) is 7.61. The second-order valence-corrected chi connectivity index (χ2v) is 3.52. The van der Waals surface area contributed by atoms with Gasteiger partial charge >= 0.3 is 5.97 Å². The van der Waals surface area contributed by atoms with Crippen LogP contribution in [-0.2, 0) is 9.53 Å². The molecule has 5 nitrogen and oxygen atoms in total. The van der Waals surface area contributed by atoms with E-state index < -0.39 is 5.97 Å². The normalized spacial score (nSPS) is 12.1. The summed E-state index contributed by atoms with van der Waals surface area (Å²) in [6.45, 7) is 2.36. The molecule has 0 aromatic carbocycles. The van der Waals surface area contributed by atoms with Gasteiger partial charge in [-0.2, -0.15) is 0 Å². The van der Waals surface area contributed by atoms with Crippen LogP contribution >= 0.6 is 0 Å². The summed E-state index contributed by atoms with van der Waals surface area (Å²) in [5, 5.41) is 11.8. The number of nitrogens with one attached hydrogen (secondary N) is 1. The number of hydrogen-bond donors (Lipinski definition) is 2. The lowest BCUT2D eigenvalue weighted by Gasteiger charge is -2.14. The number of rotatable bonds is 6. The lowest BCUT2D eigenvalue weighted by atomic mass is 10.2. The Morgan fingerprint density at radius 3 is 3.00 bits per heavy atom. The minimum Gasteiger partial charge on any atom is -0.481 e. The zero-order valence-corrected chi connectivity index (χ0v) is 9.43. The Hall–Kier alpha value is -1.62. The summed E-state index contributed by atoms with van der Waals surface area (Å²) in [6.07, 6.45) is 1.37. The fourth-order valence-corrected chi connectivity index (χ4v) is 1.32. The van der Waals surface area contributed by atoms with Crippen molar-refractivity contribution in [3.05, 3.63) is 24.0 Å². The Bertz CT molecular complexity index is 355. The summed E-state index contributed by atoms with van der Waals surface area (Å²) in [6, 6.07) is 3.73. The molecule has 5 heteroatoms. The van der Waals surface area contributed by atoms with E-state index >= 15 is 0 Å². The number of methoxy groups -OCH3 is 1. The molecule has 0 bridgehead atoms. The van der Waals surface area contributed by atoms with Crippen LogP contribution in [0.3, 0.4) is 0 Å². The Morgan fingerprint density at radius 1 is 1.69 bits per heavy atom. The molecule has 2 N–H and O–H groups in total. The molecule has 0 aliphatic carbocycles. The fourth-order valence-electron chi connectivity index (χ4n) is 1.32. The highest BCUT2D eigenvalue weighted by Gasteiger charge is 2.11. The largest absolute Gasteiger partial charge is 0.481 e. The first kappa shape index (κ1) is 12.4. The van der Waals surface area contributed by atoms with Gasteiger partial charge in [-0.05, 0) is 19.1 Å². The average Bonchev–Trinajstić information content (AvgIpc) is 2.24. The van der Waals surface area contributed by atoms with E-state index in [0.717, 1.165) is 11.4 Å². The smallest absolute Gasteiger partial charge is 0.306 e. The Morgan fingerprint density at radius 2 is 2.44 bits per heavy atom. The van der Waals surface area contributed by atoms with Gasteiger partial charge in [-0.1, -0.05) is 0 Å². The SMILES string of the molecule is COC(CNc1ccnc(C)c1)CC(=O)O. The number of aryl methyl sites for hydroxylation is 1. The first-order valence-electron chi connectivity index (χ1n) is 5.03. The Kier molecular flexibility index (Phi) is 4.72. The summed E-state index contributed by atoms with van der Waals surface area (Å²) in [5.74, 6) is -0.862. The number of aliphatic carboxylic acids is 1. The van der Waals surface area contributed by atoms with Crippen molar-refractivity contribution in [1.82, 2.24) is 4.98 Å². The van der Waals surface area contributed by atoms with Crippen molar-refractivity contribution in [2.24, 2.45) is 0 Å². The maximum Gasteiger partial charge on any atom is 0.306 e. The molecule has 0 aliphatic heterocycles. The van der Waals surface area contributed by atoms with Crippen molar-refractivity contribution in [3.8, 4) is 0 Å². The predicted octanol–water partition coefficient (Wildman–Crippen LogP) is 1.29. The average molecular weight is 224 g/mol. The van der Waals surface area contributed by atoms with Crippen LogP contribution in [0.2, 0.25) is 0 Å². The van der Waals surface area contributed by atoms with Crippen molar-refractivity contribution in [2.75, 3.05) is 19.0 Å². The molecule has 0 radical (unpaired) electrons. The first-order valence-corrected chi connectivity index (χ1v) is 5.03. The molecule has 1 aromatic heterocycles. The Balaban J connectivity index is 2.46. The summed E-state index contributed by atoms with van der Waals surface area (Å²) in [4.78, 5) is 14.6. The summed E-state index contributed by atoms with van der Waals surface area (Å²) in [7, 11) is 1.51. The van der Waals surface area contributed by atoms with Gasteiger partial charge in [0.15, 0.2) is 0 Å². The standard InChI is InChI=1S/C11H16N2O3/c1-8-5-9(3-4-12-8)13-7-10(16-2)6-11(14)15/h3-5,10H,6-7H2,1-2H3,(H,12,13)(H,14,15). The summed E-state index contributed by atoms with van der Waals surface area (Å²) >= 11 is 0. The number of nitrogens with zero attached hydrogens (tertiary/aromatic N) is 1. The Labute approximate surface area is 94.5 Å². The van der Waals surface area contributed by atoms with E-state index in [1.165, 1.54) is 7.11 Å². The van der Waals surface area contributed by atoms with Crippen molar-refractivity contribution < 1.29 is 14.6 Å². The highest BCUT2D eigenvalue weighted by Crippen LogP contribution is 2.08. The topological polar surface area (TPSA) is 71.5 Å². The number of aromatic nitrogens is 1. The minimum absolute atomic E-state index is 0.00638. The highest BCUT2D eigenvalue weighted by molar-refractivity contribution is 5.67. The maximum atomic E-state index is 10.5. The van der Waals surface area contributed by atoms with E-state index in [-0.39, 0.29) is 12.5 Å². The number of hydrogen-bond acceptors (Lipinski definition) is 4. The van der Waals surface area contributed by atoms with Crippen molar-refractivity contribution in [2.45, 2.75) is 19.4 Å². The number of carboxylic acids is 1. The summed E-state index contributed by atoms with van der Waals surface area (Å²) < 4.78 is 5.05. The van der Waals surface area contributed by atoms with Crippen LogP contribution in [0.4, 0.5) is 5.69 Å². The van der Waals surface area contributed by atoms with Gasteiger partial charge in [-0.25, -0.2) is 0 Å². The lowest BCUT2D eigenvalue weighted by molar-refractivity contribution is -0.139. The number of carbonyl (C=O) groups is 1. The van der Waals surface area contributed by atoms with E-state index in [4.69, 9.17) is 9.84 Å². The van der Waals surface area contributed by atoms with Crippen LogP contribution in [0.1, 0.15) is 12.1 Å². The molecule has 1 aromatic rings. The highest BCUT2D eigenvalue weighted by atomic mass is 16.5. The van der Waals surface area contributed by atoms with Gasteiger partial charge in [0.1, 0.15) is 0 Å². The molecule has 0 amide bonds. The predicted molar refractivity (Wildman–Crippen MR) is 60.5 cm³/mol. The molecule has 1 atom stereocenters. The van der Waals surface area contributed by atoms with Gasteiger partial charge in [0.2, 0.25) is 0 Å². The molecular formula is C11H16N2O3. The van der Waals surface area contributed by atoms with Crippen LogP contribution in [0.5, 0.6) is 0 Å². The molecule has 0 saturated carbocycles. The second kappa shape index (κ2) is 6.07. The van der Waals surface area contributed by atoms with E-state index in [1.54, 1.807) is 6.20 Å². The van der Waals surface area contributed by atoms with E-state index in [9.17, 15) is 4.79 Å². The van der Waals surface area contributed by atoms with E-state index in [1.807, 2.05) is 19.1 Å². The minimum atomic E-state index is -0.862. The third-order valence-electron chi connectivity index (χ3n) is 2.17. The van der Waals surface area contributed by atoms with Crippen molar-refractivity contribution in [3.63, 3.8) is 0 Å². The van der Waals surface area contributed by atoms with Crippen molar-refractivity contribution in [1.29, 1.82) is 0 Å². The summed E-state index contributed by atoms with van der Waals surface area (Å²) in [5.41, 5.74) is 1.83. The third-order valence-corrected chi connectivity index (χ3v) is 2.17. The van der Waals surface area contributed by atoms with Gasteiger partial charge in [-0.3, -0.25) is 9.78 Å². The van der Waals surface area contributed by atoms with Gasteiger partial charge in [-0.15, -0.1) is 0 Å². The molecule has 0 saturated heterocycles. The zero-order valence-electron chi connectivity index (χ0n) is 9.43. The lowest BCUT2D eigenvalue weighted by Crippen LogP contribution is -2.25. The monoisotopic (exact) mass is 224 g/mol. The molecule has 0 fully saturated rings. The number of ether oxygens (including phenoxy) is 1. The van der Waals surface area contributed by atoms with Crippen molar-refractivity contribution >= 4 is 11.7 Å². The van der Waals surface area contributed by atoms with Crippen LogP contribution in [0.25, 0.3) is 0 Å². The van der Waals surface area contributed by atoms with E-state index in [0.29, 0.717) is 6.54 Å². The van der Waals surface area contributed by atoms with Gasteiger partial charge in [0.25, 0.3) is 0 Å². The molecule has 0 spiro atoms. The molecular weight excluding hydrogens is 208 g/mol.